The Morgan fingerprint density at radius 3 is 2.45 bits per heavy atom. The predicted octanol–water partition coefficient (Wildman–Crippen LogP) is 2.62. The van der Waals surface area contributed by atoms with Crippen LogP contribution >= 0.6 is 0 Å². The Balaban J connectivity index is 1.42. The molecule has 2 heterocycles. The van der Waals surface area contributed by atoms with Gasteiger partial charge in [-0.25, -0.2) is 0 Å². The van der Waals surface area contributed by atoms with Crippen molar-refractivity contribution in [1.82, 2.24) is 15.1 Å². The molecule has 2 unspecified atom stereocenters. The molecule has 1 saturated carbocycles. The minimum absolute atomic E-state index is 0.0123. The van der Waals surface area contributed by atoms with E-state index in [1.165, 1.54) is 6.42 Å². The summed E-state index contributed by atoms with van der Waals surface area (Å²) in [6, 6.07) is 9.18. The fourth-order valence-electron chi connectivity index (χ4n) is 5.01. The molecule has 6 nitrogen and oxygen atoms in total. The molecule has 0 radical (unpaired) electrons. The first-order valence-corrected chi connectivity index (χ1v) is 11.1. The lowest BCUT2D eigenvalue weighted by Crippen LogP contribution is -2.53. The van der Waals surface area contributed by atoms with E-state index in [2.05, 4.69) is 5.32 Å². The zero-order valence-electron chi connectivity index (χ0n) is 17.0. The minimum atomic E-state index is -0.453. The molecule has 1 N–H and O–H groups in total. The Kier molecular flexibility index (Phi) is 6.16. The lowest BCUT2D eigenvalue weighted by atomic mass is 9.95. The Hall–Kier alpha value is -2.37. The molecular weight excluding hydrogens is 366 g/mol. The van der Waals surface area contributed by atoms with Crippen molar-refractivity contribution in [3.05, 3.63) is 35.9 Å². The predicted molar refractivity (Wildman–Crippen MR) is 110 cm³/mol. The molecule has 0 spiro atoms. The third-order valence-electron chi connectivity index (χ3n) is 6.60. The van der Waals surface area contributed by atoms with Crippen LogP contribution in [-0.2, 0) is 20.9 Å². The maximum absolute atomic E-state index is 13.4. The smallest absolute Gasteiger partial charge is 0.246 e. The molecule has 2 atom stereocenters. The van der Waals surface area contributed by atoms with E-state index >= 15 is 0 Å². The highest BCUT2D eigenvalue weighted by Gasteiger charge is 2.43. The van der Waals surface area contributed by atoms with Gasteiger partial charge in [-0.05, 0) is 37.7 Å². The molecular formula is C23H31N3O3. The second kappa shape index (κ2) is 8.97. The highest BCUT2D eigenvalue weighted by Crippen LogP contribution is 2.27. The van der Waals surface area contributed by atoms with Crippen molar-refractivity contribution in [1.29, 1.82) is 0 Å². The number of nitrogens with zero attached hydrogens (tertiary/aromatic N) is 2. The summed E-state index contributed by atoms with van der Waals surface area (Å²) in [6.07, 6.45) is 8.13. The summed E-state index contributed by atoms with van der Waals surface area (Å²) in [5.41, 5.74) is 1.02. The van der Waals surface area contributed by atoms with Crippen LogP contribution in [0.2, 0.25) is 0 Å². The number of nitrogens with one attached hydrogen (secondary N) is 1. The molecule has 0 aromatic heterocycles. The van der Waals surface area contributed by atoms with Gasteiger partial charge in [-0.1, -0.05) is 49.6 Å². The minimum Gasteiger partial charge on any atom is -0.352 e. The molecule has 1 aromatic carbocycles. The first kappa shape index (κ1) is 19.9. The maximum atomic E-state index is 13.4. The normalized spacial score (nSPS) is 25.4. The molecule has 3 aliphatic rings. The van der Waals surface area contributed by atoms with Crippen LogP contribution < -0.4 is 5.32 Å². The van der Waals surface area contributed by atoms with E-state index in [-0.39, 0.29) is 23.8 Å². The molecule has 3 fully saturated rings. The highest BCUT2D eigenvalue weighted by molar-refractivity contribution is 5.94. The van der Waals surface area contributed by atoms with Gasteiger partial charge in [0.05, 0.1) is 0 Å². The summed E-state index contributed by atoms with van der Waals surface area (Å²) in [6.45, 7) is 1.05. The summed E-state index contributed by atoms with van der Waals surface area (Å²) in [4.78, 5) is 42.1. The van der Waals surface area contributed by atoms with Crippen LogP contribution in [0, 0.1) is 0 Å². The fourth-order valence-corrected chi connectivity index (χ4v) is 5.01. The van der Waals surface area contributed by atoms with Gasteiger partial charge in [0, 0.05) is 25.6 Å². The number of carbonyl (C=O) groups excluding carboxylic acids is 3. The number of amides is 3. The van der Waals surface area contributed by atoms with Gasteiger partial charge in [0.2, 0.25) is 17.7 Å². The summed E-state index contributed by atoms with van der Waals surface area (Å²) >= 11 is 0. The van der Waals surface area contributed by atoms with Gasteiger partial charge in [-0.3, -0.25) is 14.4 Å². The summed E-state index contributed by atoms with van der Waals surface area (Å²) in [5.74, 6) is -0.0515. The summed E-state index contributed by atoms with van der Waals surface area (Å²) < 4.78 is 0. The van der Waals surface area contributed by atoms with Gasteiger partial charge in [0.1, 0.15) is 12.1 Å². The summed E-state index contributed by atoms with van der Waals surface area (Å²) in [7, 11) is 0. The van der Waals surface area contributed by atoms with Crippen molar-refractivity contribution in [2.75, 3.05) is 6.54 Å². The first-order chi connectivity index (χ1) is 14.1. The first-order valence-electron chi connectivity index (χ1n) is 11.1. The molecule has 2 saturated heterocycles. The Labute approximate surface area is 172 Å². The third-order valence-corrected chi connectivity index (χ3v) is 6.60. The number of hydrogen-bond donors (Lipinski definition) is 1. The molecule has 1 aliphatic carbocycles. The second-order valence-corrected chi connectivity index (χ2v) is 8.59. The molecule has 1 aromatic rings. The lowest BCUT2D eigenvalue weighted by Gasteiger charge is -2.32. The van der Waals surface area contributed by atoms with Crippen LogP contribution in [0.1, 0.15) is 63.4 Å². The van der Waals surface area contributed by atoms with Gasteiger partial charge in [0.15, 0.2) is 0 Å². The molecule has 156 valence electrons. The van der Waals surface area contributed by atoms with Gasteiger partial charge >= 0.3 is 0 Å². The van der Waals surface area contributed by atoms with Crippen LogP contribution in [0.4, 0.5) is 0 Å². The van der Waals surface area contributed by atoms with Crippen molar-refractivity contribution >= 4 is 17.7 Å². The standard InChI is InChI=1S/C23H31N3O3/c27-21-14-13-20(26(21)16-17-8-3-1-4-9-17)23(29)25-15-7-12-19(25)22(28)24-18-10-5-2-6-11-18/h1,3-4,8-9,18-20H,2,5-7,10-16H2,(H,24,28). The number of likely N-dealkylation sites (tertiary alicyclic amines) is 2. The molecule has 4 rings (SSSR count). The number of carbonyl (C=O) groups is 3. The van der Waals surface area contributed by atoms with Crippen molar-refractivity contribution < 1.29 is 14.4 Å². The van der Waals surface area contributed by atoms with Gasteiger partial charge in [-0.2, -0.15) is 0 Å². The Bertz CT molecular complexity index is 745. The summed E-state index contributed by atoms with van der Waals surface area (Å²) in [5, 5.41) is 3.18. The van der Waals surface area contributed by atoms with Crippen LogP contribution in [-0.4, -0.2) is 52.2 Å². The van der Waals surface area contributed by atoms with Gasteiger partial charge in [0.25, 0.3) is 0 Å². The zero-order chi connectivity index (χ0) is 20.2. The van der Waals surface area contributed by atoms with Crippen molar-refractivity contribution in [2.24, 2.45) is 0 Å². The van der Waals surface area contributed by atoms with Crippen LogP contribution in [0.3, 0.4) is 0 Å². The largest absolute Gasteiger partial charge is 0.352 e. The van der Waals surface area contributed by atoms with Crippen molar-refractivity contribution in [3.8, 4) is 0 Å². The second-order valence-electron chi connectivity index (χ2n) is 8.59. The average molecular weight is 398 g/mol. The van der Waals surface area contributed by atoms with E-state index in [1.807, 2.05) is 30.3 Å². The van der Waals surface area contributed by atoms with E-state index in [9.17, 15) is 14.4 Å². The maximum Gasteiger partial charge on any atom is 0.246 e. The van der Waals surface area contributed by atoms with Crippen molar-refractivity contribution in [3.63, 3.8) is 0 Å². The SMILES string of the molecule is O=C(NC1CCCCC1)C1CCCN1C(=O)C1CCC(=O)N1Cc1ccccc1. The molecule has 6 heteroatoms. The van der Waals surface area contributed by atoms with Crippen LogP contribution in [0.15, 0.2) is 30.3 Å². The monoisotopic (exact) mass is 397 g/mol. The highest BCUT2D eigenvalue weighted by atomic mass is 16.2. The lowest BCUT2D eigenvalue weighted by molar-refractivity contribution is -0.145. The molecule has 3 amide bonds. The molecule has 0 bridgehead atoms. The average Bonchev–Trinajstić information content (AvgIpc) is 3.37. The van der Waals surface area contributed by atoms with Crippen LogP contribution in [0.25, 0.3) is 0 Å². The third kappa shape index (κ3) is 4.46. The number of benzene rings is 1. The van der Waals surface area contributed by atoms with E-state index < -0.39 is 12.1 Å². The topological polar surface area (TPSA) is 69.7 Å². The fraction of sp³-hybridized carbons (Fsp3) is 0.609. The van der Waals surface area contributed by atoms with E-state index in [1.54, 1.807) is 9.80 Å². The van der Waals surface area contributed by atoms with E-state index in [0.29, 0.717) is 32.4 Å². The van der Waals surface area contributed by atoms with Crippen LogP contribution in [0.5, 0.6) is 0 Å². The van der Waals surface area contributed by atoms with E-state index in [4.69, 9.17) is 0 Å². The number of rotatable bonds is 5. The quantitative estimate of drug-likeness (QED) is 0.830. The Morgan fingerprint density at radius 1 is 0.931 bits per heavy atom. The zero-order valence-corrected chi connectivity index (χ0v) is 17.0. The Morgan fingerprint density at radius 2 is 1.69 bits per heavy atom. The van der Waals surface area contributed by atoms with E-state index in [0.717, 1.165) is 37.7 Å². The molecule has 2 aliphatic heterocycles. The number of hydrogen-bond acceptors (Lipinski definition) is 3. The van der Waals surface area contributed by atoms with Gasteiger partial charge < -0.3 is 15.1 Å². The van der Waals surface area contributed by atoms with Gasteiger partial charge in [-0.15, -0.1) is 0 Å². The van der Waals surface area contributed by atoms with Crippen molar-refractivity contribution in [2.45, 2.75) is 82.5 Å². The molecule has 29 heavy (non-hydrogen) atoms.